The standard InChI is InChI=1S/C22H28N6O3/c1-13-6-5-7-27(11-13)19(20-24-25-26-28(20)22(2,3)4)15-8-14-9-17-18(31-12-30-17)10-16(14)23-21(15)29/h8-10,13,19H,5-7,11-12H2,1-4H3,(H,23,29). The van der Waals surface area contributed by atoms with Crippen molar-refractivity contribution in [1.29, 1.82) is 0 Å². The highest BCUT2D eigenvalue weighted by Gasteiger charge is 2.35. The molecule has 164 valence electrons. The second-order valence-corrected chi connectivity index (χ2v) is 9.61. The van der Waals surface area contributed by atoms with Crippen LogP contribution in [0.5, 0.6) is 11.5 Å². The molecule has 2 aliphatic heterocycles. The summed E-state index contributed by atoms with van der Waals surface area (Å²) in [5.41, 5.74) is 0.909. The Hall–Kier alpha value is -2.94. The van der Waals surface area contributed by atoms with E-state index in [0.29, 0.717) is 28.8 Å². The van der Waals surface area contributed by atoms with Crippen LogP contribution in [0, 0.1) is 5.92 Å². The first kappa shape index (κ1) is 20.0. The SMILES string of the molecule is CC1CCCN(C(c2cc3cc4c(cc3[nH]c2=O)OCO4)c2nnnn2C(C)(C)C)C1. The predicted molar refractivity (Wildman–Crippen MR) is 115 cm³/mol. The lowest BCUT2D eigenvalue weighted by Gasteiger charge is -2.37. The summed E-state index contributed by atoms with van der Waals surface area (Å²) in [6, 6.07) is 5.34. The number of ether oxygens (including phenoxy) is 2. The third-order valence-electron chi connectivity index (χ3n) is 6.09. The molecule has 0 aliphatic carbocycles. The van der Waals surface area contributed by atoms with Crippen molar-refractivity contribution in [2.45, 2.75) is 52.1 Å². The third-order valence-corrected chi connectivity index (χ3v) is 6.09. The number of hydrogen-bond donors (Lipinski definition) is 1. The maximum absolute atomic E-state index is 13.3. The van der Waals surface area contributed by atoms with Gasteiger partial charge in [0.05, 0.1) is 11.1 Å². The van der Waals surface area contributed by atoms with Crippen LogP contribution in [0.4, 0.5) is 0 Å². The number of tetrazole rings is 1. The highest BCUT2D eigenvalue weighted by Crippen LogP contribution is 2.37. The Bertz CT molecular complexity index is 1180. The molecule has 0 amide bonds. The van der Waals surface area contributed by atoms with E-state index < -0.39 is 0 Å². The summed E-state index contributed by atoms with van der Waals surface area (Å²) in [4.78, 5) is 18.7. The van der Waals surface area contributed by atoms with Gasteiger partial charge >= 0.3 is 0 Å². The van der Waals surface area contributed by atoms with E-state index in [-0.39, 0.29) is 23.9 Å². The lowest BCUT2D eigenvalue weighted by molar-refractivity contribution is 0.137. The zero-order chi connectivity index (χ0) is 21.8. The van der Waals surface area contributed by atoms with Crippen LogP contribution in [0.2, 0.25) is 0 Å². The average Bonchev–Trinajstić information content (AvgIpc) is 3.36. The molecule has 2 aromatic heterocycles. The monoisotopic (exact) mass is 424 g/mol. The minimum atomic E-state index is -0.337. The Balaban J connectivity index is 1.69. The molecule has 0 spiro atoms. The minimum absolute atomic E-state index is 0.141. The summed E-state index contributed by atoms with van der Waals surface area (Å²) in [6.45, 7) is 10.4. The van der Waals surface area contributed by atoms with Gasteiger partial charge in [0.1, 0.15) is 6.04 Å². The average molecular weight is 425 g/mol. The highest BCUT2D eigenvalue weighted by molar-refractivity contribution is 5.83. The topological polar surface area (TPSA) is 98.2 Å². The molecule has 1 aromatic carbocycles. The van der Waals surface area contributed by atoms with Crippen LogP contribution in [0.3, 0.4) is 0 Å². The van der Waals surface area contributed by atoms with Crippen molar-refractivity contribution < 1.29 is 9.47 Å². The van der Waals surface area contributed by atoms with Gasteiger partial charge < -0.3 is 14.5 Å². The summed E-state index contributed by atoms with van der Waals surface area (Å²) >= 11 is 0. The van der Waals surface area contributed by atoms with Gasteiger partial charge in [-0.1, -0.05) is 6.92 Å². The largest absolute Gasteiger partial charge is 0.454 e. The second-order valence-electron chi connectivity index (χ2n) is 9.61. The Labute approximate surface area is 180 Å². The first-order chi connectivity index (χ1) is 14.8. The number of aromatic nitrogens is 5. The zero-order valence-electron chi connectivity index (χ0n) is 18.4. The maximum Gasteiger partial charge on any atom is 0.253 e. The Morgan fingerprint density at radius 1 is 1.19 bits per heavy atom. The number of piperidine rings is 1. The van der Waals surface area contributed by atoms with Crippen molar-refractivity contribution >= 4 is 10.9 Å². The number of likely N-dealkylation sites (tertiary alicyclic amines) is 1. The normalized spacial score (nSPS) is 20.3. The third kappa shape index (κ3) is 3.56. The Morgan fingerprint density at radius 2 is 1.97 bits per heavy atom. The number of benzene rings is 1. The van der Waals surface area contributed by atoms with E-state index in [0.717, 1.165) is 30.4 Å². The highest BCUT2D eigenvalue weighted by atomic mass is 16.7. The van der Waals surface area contributed by atoms with Gasteiger partial charge in [-0.2, -0.15) is 0 Å². The van der Waals surface area contributed by atoms with Gasteiger partial charge in [-0.05, 0) is 68.6 Å². The molecule has 31 heavy (non-hydrogen) atoms. The number of fused-ring (bicyclic) bond motifs is 2. The maximum atomic E-state index is 13.3. The molecular formula is C22H28N6O3. The first-order valence-electron chi connectivity index (χ1n) is 10.8. The number of rotatable bonds is 3. The van der Waals surface area contributed by atoms with Crippen LogP contribution in [0.15, 0.2) is 23.0 Å². The lowest BCUT2D eigenvalue weighted by atomic mass is 9.95. The molecule has 1 saturated heterocycles. The second kappa shape index (κ2) is 7.33. The van der Waals surface area contributed by atoms with Gasteiger partial charge in [-0.15, -0.1) is 5.10 Å². The van der Waals surface area contributed by atoms with Crippen molar-refractivity contribution in [1.82, 2.24) is 30.1 Å². The van der Waals surface area contributed by atoms with E-state index in [9.17, 15) is 4.79 Å². The van der Waals surface area contributed by atoms with Crippen LogP contribution >= 0.6 is 0 Å². The fraction of sp³-hybridized carbons (Fsp3) is 0.545. The van der Waals surface area contributed by atoms with Crippen LogP contribution in [-0.4, -0.2) is 50.0 Å². The molecule has 9 heteroatoms. The molecule has 0 bridgehead atoms. The van der Waals surface area contributed by atoms with E-state index in [1.54, 1.807) is 0 Å². The van der Waals surface area contributed by atoms with Crippen LogP contribution in [-0.2, 0) is 5.54 Å². The zero-order valence-corrected chi connectivity index (χ0v) is 18.4. The van der Waals surface area contributed by atoms with Crippen LogP contribution < -0.4 is 15.0 Å². The molecule has 9 nitrogen and oxygen atoms in total. The lowest BCUT2D eigenvalue weighted by Crippen LogP contribution is -2.42. The number of pyridine rings is 1. The molecule has 2 unspecified atom stereocenters. The number of H-pyrrole nitrogens is 1. The van der Waals surface area contributed by atoms with E-state index in [4.69, 9.17) is 9.47 Å². The van der Waals surface area contributed by atoms with Gasteiger partial charge in [-0.25, -0.2) is 4.68 Å². The van der Waals surface area contributed by atoms with E-state index in [2.05, 4.69) is 53.1 Å². The fourth-order valence-electron chi connectivity index (χ4n) is 4.62. The summed E-state index contributed by atoms with van der Waals surface area (Å²) in [5, 5.41) is 13.5. The van der Waals surface area contributed by atoms with Crippen LogP contribution in [0.25, 0.3) is 10.9 Å². The molecule has 1 fully saturated rings. The number of aromatic amines is 1. The molecule has 0 radical (unpaired) electrons. The van der Waals surface area contributed by atoms with E-state index >= 15 is 0 Å². The molecule has 5 rings (SSSR count). The van der Waals surface area contributed by atoms with E-state index in [1.165, 1.54) is 6.42 Å². The van der Waals surface area contributed by atoms with Crippen molar-refractivity contribution in [3.8, 4) is 11.5 Å². The molecule has 0 saturated carbocycles. The molecule has 2 atom stereocenters. The first-order valence-corrected chi connectivity index (χ1v) is 10.8. The van der Waals surface area contributed by atoms with Gasteiger partial charge in [0.2, 0.25) is 6.79 Å². The van der Waals surface area contributed by atoms with E-state index in [1.807, 2.05) is 22.9 Å². The number of nitrogens with one attached hydrogen (secondary N) is 1. The van der Waals surface area contributed by atoms with Crippen molar-refractivity contribution in [3.63, 3.8) is 0 Å². The van der Waals surface area contributed by atoms with Crippen molar-refractivity contribution in [2.75, 3.05) is 19.9 Å². The molecule has 2 aliphatic rings. The summed E-state index contributed by atoms with van der Waals surface area (Å²) in [6.07, 6.45) is 2.27. The number of nitrogens with zero attached hydrogens (tertiary/aromatic N) is 5. The van der Waals surface area contributed by atoms with Gasteiger partial charge in [0.25, 0.3) is 5.56 Å². The minimum Gasteiger partial charge on any atom is -0.454 e. The number of hydrogen-bond acceptors (Lipinski definition) is 7. The van der Waals surface area contributed by atoms with Crippen molar-refractivity contribution in [2.24, 2.45) is 5.92 Å². The summed E-state index contributed by atoms with van der Waals surface area (Å²) < 4.78 is 12.8. The summed E-state index contributed by atoms with van der Waals surface area (Å²) in [5.74, 6) is 2.57. The van der Waals surface area contributed by atoms with Crippen molar-refractivity contribution in [3.05, 3.63) is 39.9 Å². The molecule has 4 heterocycles. The molecule has 3 aromatic rings. The predicted octanol–water partition coefficient (Wildman–Crippen LogP) is 2.82. The van der Waals surface area contributed by atoms with Gasteiger partial charge in [-0.3, -0.25) is 9.69 Å². The van der Waals surface area contributed by atoms with Gasteiger partial charge in [0.15, 0.2) is 17.3 Å². The van der Waals surface area contributed by atoms with Crippen LogP contribution in [0.1, 0.15) is 58.0 Å². The molecule has 1 N–H and O–H groups in total. The Kier molecular flexibility index (Phi) is 4.73. The smallest absolute Gasteiger partial charge is 0.253 e. The van der Waals surface area contributed by atoms with Gasteiger partial charge in [0, 0.05) is 23.6 Å². The summed E-state index contributed by atoms with van der Waals surface area (Å²) in [7, 11) is 0. The quantitative estimate of drug-likeness (QED) is 0.690. The Morgan fingerprint density at radius 3 is 2.71 bits per heavy atom. The fourth-order valence-corrected chi connectivity index (χ4v) is 4.62. The molecular weight excluding hydrogens is 396 g/mol.